The van der Waals surface area contributed by atoms with E-state index in [0.717, 1.165) is 24.5 Å². The molecule has 0 radical (unpaired) electrons. The Morgan fingerprint density at radius 1 is 1.20 bits per heavy atom. The first-order chi connectivity index (χ1) is 7.40. The van der Waals surface area contributed by atoms with Crippen molar-refractivity contribution in [3.8, 4) is 11.5 Å². The number of ether oxygens (including phenoxy) is 2. The van der Waals surface area contributed by atoms with Crippen LogP contribution in [-0.2, 0) is 0 Å². The normalized spacial score (nSPS) is 21.0. The fourth-order valence-electron chi connectivity index (χ4n) is 1.79. The van der Waals surface area contributed by atoms with E-state index in [0.29, 0.717) is 0 Å². The van der Waals surface area contributed by atoms with Gasteiger partial charge in [-0.1, -0.05) is 12.1 Å². The summed E-state index contributed by atoms with van der Waals surface area (Å²) in [6, 6.07) is 7.76. The van der Waals surface area contributed by atoms with E-state index in [2.05, 4.69) is 5.32 Å². The van der Waals surface area contributed by atoms with Crippen LogP contribution >= 0.6 is 0 Å². The molecule has 1 aliphatic rings. The third-order valence-corrected chi connectivity index (χ3v) is 2.60. The number of benzene rings is 1. The van der Waals surface area contributed by atoms with Gasteiger partial charge in [-0.05, 0) is 37.9 Å². The Labute approximate surface area is 90.4 Å². The van der Waals surface area contributed by atoms with Crippen LogP contribution < -0.4 is 14.8 Å². The predicted octanol–water partition coefficient (Wildman–Crippen LogP) is 2.17. The van der Waals surface area contributed by atoms with Crippen molar-refractivity contribution in [3.05, 3.63) is 24.3 Å². The third-order valence-electron chi connectivity index (χ3n) is 2.60. The molecule has 0 aliphatic carbocycles. The molecule has 1 atom stereocenters. The Bertz CT molecular complexity index is 308. The van der Waals surface area contributed by atoms with Crippen LogP contribution in [0.1, 0.15) is 19.3 Å². The summed E-state index contributed by atoms with van der Waals surface area (Å²) in [5, 5.41) is 3.34. The van der Waals surface area contributed by atoms with Crippen molar-refractivity contribution in [3.63, 3.8) is 0 Å². The zero-order valence-electron chi connectivity index (χ0n) is 9.03. The van der Waals surface area contributed by atoms with Gasteiger partial charge in [0.05, 0.1) is 7.11 Å². The zero-order chi connectivity index (χ0) is 10.5. The van der Waals surface area contributed by atoms with Crippen molar-refractivity contribution in [1.29, 1.82) is 0 Å². The van der Waals surface area contributed by atoms with Crippen LogP contribution in [0, 0.1) is 0 Å². The number of hydrogen-bond acceptors (Lipinski definition) is 3. The summed E-state index contributed by atoms with van der Waals surface area (Å²) >= 11 is 0. The van der Waals surface area contributed by atoms with E-state index in [1.54, 1.807) is 7.11 Å². The Morgan fingerprint density at radius 3 is 2.67 bits per heavy atom. The summed E-state index contributed by atoms with van der Waals surface area (Å²) in [6.45, 7) is 1.04. The lowest BCUT2D eigenvalue weighted by Gasteiger charge is -2.25. The van der Waals surface area contributed by atoms with Crippen molar-refractivity contribution >= 4 is 0 Å². The number of hydrogen-bond donors (Lipinski definition) is 1. The second-order valence-electron chi connectivity index (χ2n) is 3.71. The van der Waals surface area contributed by atoms with Gasteiger partial charge in [0, 0.05) is 0 Å². The van der Waals surface area contributed by atoms with E-state index in [1.807, 2.05) is 24.3 Å². The average Bonchev–Trinajstić information content (AvgIpc) is 2.31. The maximum absolute atomic E-state index is 5.84. The van der Waals surface area contributed by atoms with Crippen LogP contribution in [0.2, 0.25) is 0 Å². The molecule has 1 aromatic carbocycles. The monoisotopic (exact) mass is 207 g/mol. The van der Waals surface area contributed by atoms with E-state index in [-0.39, 0.29) is 6.23 Å². The number of rotatable bonds is 3. The molecule has 0 amide bonds. The Morgan fingerprint density at radius 2 is 2.00 bits per heavy atom. The molecular weight excluding hydrogens is 190 g/mol. The van der Waals surface area contributed by atoms with Crippen LogP contribution in [0.3, 0.4) is 0 Å². The minimum Gasteiger partial charge on any atom is -0.493 e. The van der Waals surface area contributed by atoms with Crippen molar-refractivity contribution < 1.29 is 9.47 Å². The highest BCUT2D eigenvalue weighted by Crippen LogP contribution is 2.27. The quantitative estimate of drug-likeness (QED) is 0.824. The maximum Gasteiger partial charge on any atom is 0.163 e. The molecule has 0 spiro atoms. The molecule has 0 unspecified atom stereocenters. The first kappa shape index (κ1) is 10.3. The van der Waals surface area contributed by atoms with E-state index >= 15 is 0 Å². The fraction of sp³-hybridized carbons (Fsp3) is 0.500. The van der Waals surface area contributed by atoms with Crippen molar-refractivity contribution in [2.24, 2.45) is 0 Å². The van der Waals surface area contributed by atoms with Gasteiger partial charge in [-0.2, -0.15) is 0 Å². The molecule has 1 aliphatic heterocycles. The van der Waals surface area contributed by atoms with Crippen molar-refractivity contribution in [2.75, 3.05) is 13.7 Å². The van der Waals surface area contributed by atoms with Crippen LogP contribution in [0.4, 0.5) is 0 Å². The fourth-order valence-corrected chi connectivity index (χ4v) is 1.79. The smallest absolute Gasteiger partial charge is 0.163 e. The van der Waals surface area contributed by atoms with Gasteiger partial charge in [-0.15, -0.1) is 0 Å². The van der Waals surface area contributed by atoms with Gasteiger partial charge >= 0.3 is 0 Å². The van der Waals surface area contributed by atoms with Crippen LogP contribution in [-0.4, -0.2) is 19.9 Å². The number of para-hydroxylation sites is 2. The standard InChI is InChI=1S/C12H17NO2/c1-14-10-6-2-3-7-11(10)15-12-8-4-5-9-13-12/h2-3,6-7,12-13H,4-5,8-9H2,1H3/t12-/m0/s1. The van der Waals surface area contributed by atoms with Crippen LogP contribution in [0.15, 0.2) is 24.3 Å². The molecular formula is C12H17NO2. The molecule has 0 aromatic heterocycles. The predicted molar refractivity (Wildman–Crippen MR) is 59.3 cm³/mol. The molecule has 3 heteroatoms. The zero-order valence-corrected chi connectivity index (χ0v) is 9.03. The number of piperidine rings is 1. The van der Waals surface area contributed by atoms with Gasteiger partial charge in [-0.3, -0.25) is 5.32 Å². The molecule has 0 bridgehead atoms. The molecule has 3 nitrogen and oxygen atoms in total. The molecule has 82 valence electrons. The van der Waals surface area contributed by atoms with Gasteiger partial charge < -0.3 is 9.47 Å². The van der Waals surface area contributed by atoms with Crippen molar-refractivity contribution in [1.82, 2.24) is 5.32 Å². The second-order valence-corrected chi connectivity index (χ2v) is 3.71. The Hall–Kier alpha value is -1.22. The third kappa shape index (κ3) is 2.63. The van der Waals surface area contributed by atoms with E-state index in [1.165, 1.54) is 12.8 Å². The highest BCUT2D eigenvalue weighted by molar-refractivity contribution is 5.39. The molecule has 1 N–H and O–H groups in total. The minimum atomic E-state index is 0.134. The first-order valence-corrected chi connectivity index (χ1v) is 5.43. The largest absolute Gasteiger partial charge is 0.493 e. The Kier molecular flexibility index (Phi) is 3.45. The van der Waals surface area contributed by atoms with Gasteiger partial charge in [0.15, 0.2) is 11.5 Å². The molecule has 15 heavy (non-hydrogen) atoms. The summed E-state index contributed by atoms with van der Waals surface area (Å²) in [5.74, 6) is 1.62. The Balaban J connectivity index is 2.02. The van der Waals surface area contributed by atoms with Gasteiger partial charge in [0.2, 0.25) is 0 Å². The van der Waals surface area contributed by atoms with E-state index < -0.39 is 0 Å². The minimum absolute atomic E-state index is 0.134. The summed E-state index contributed by atoms with van der Waals surface area (Å²) in [5.41, 5.74) is 0. The van der Waals surface area contributed by atoms with E-state index in [4.69, 9.17) is 9.47 Å². The highest BCUT2D eigenvalue weighted by Gasteiger charge is 2.15. The SMILES string of the molecule is COc1ccccc1O[C@H]1CCCCN1. The number of methoxy groups -OCH3 is 1. The maximum atomic E-state index is 5.84. The van der Waals surface area contributed by atoms with Gasteiger partial charge in [0.25, 0.3) is 0 Å². The molecule has 1 heterocycles. The van der Waals surface area contributed by atoms with Gasteiger partial charge in [0.1, 0.15) is 6.23 Å². The highest BCUT2D eigenvalue weighted by atomic mass is 16.5. The van der Waals surface area contributed by atoms with Gasteiger partial charge in [-0.25, -0.2) is 0 Å². The summed E-state index contributed by atoms with van der Waals surface area (Å²) < 4.78 is 11.1. The topological polar surface area (TPSA) is 30.5 Å². The lowest BCUT2D eigenvalue weighted by molar-refractivity contribution is 0.128. The summed E-state index contributed by atoms with van der Waals surface area (Å²) in [4.78, 5) is 0. The summed E-state index contributed by atoms with van der Waals surface area (Å²) in [6.07, 6.45) is 3.67. The summed E-state index contributed by atoms with van der Waals surface area (Å²) in [7, 11) is 1.66. The lowest BCUT2D eigenvalue weighted by atomic mass is 10.1. The molecule has 1 aromatic rings. The average molecular weight is 207 g/mol. The van der Waals surface area contributed by atoms with Crippen molar-refractivity contribution in [2.45, 2.75) is 25.5 Å². The molecule has 1 saturated heterocycles. The number of nitrogens with one attached hydrogen (secondary N) is 1. The first-order valence-electron chi connectivity index (χ1n) is 5.43. The van der Waals surface area contributed by atoms with Crippen LogP contribution in [0.5, 0.6) is 11.5 Å². The lowest BCUT2D eigenvalue weighted by Crippen LogP contribution is -2.38. The van der Waals surface area contributed by atoms with Crippen LogP contribution in [0.25, 0.3) is 0 Å². The molecule has 1 fully saturated rings. The van der Waals surface area contributed by atoms with E-state index in [9.17, 15) is 0 Å². The molecule has 2 rings (SSSR count). The second kappa shape index (κ2) is 5.03. The molecule has 0 saturated carbocycles.